The molecule has 5 heterocycles. The van der Waals surface area contributed by atoms with Crippen LogP contribution >= 0.6 is 29.4 Å². The topological polar surface area (TPSA) is 83.4 Å². The van der Waals surface area contributed by atoms with Gasteiger partial charge < -0.3 is 14.4 Å². The number of ether oxygens (including phenoxy) is 2. The average Bonchev–Trinajstić information content (AvgIpc) is 3.61. The quantitative estimate of drug-likeness (QED) is 0.334. The van der Waals surface area contributed by atoms with Crippen molar-refractivity contribution in [3.8, 4) is 6.01 Å². The first-order chi connectivity index (χ1) is 20.5. The Balaban J connectivity index is 0.00000384. The molecule has 0 saturated carbocycles. The van der Waals surface area contributed by atoms with E-state index >= 15 is 0 Å². The lowest BCUT2D eigenvalue weighted by molar-refractivity contribution is 0.0122. The lowest BCUT2D eigenvalue weighted by Crippen LogP contribution is -2.57. The molecular weight excluding hydrogens is 640 g/mol. The molecule has 0 spiro atoms. The molecule has 6 rings (SSSR count). The van der Waals surface area contributed by atoms with Crippen molar-refractivity contribution in [3.63, 3.8) is 0 Å². The van der Waals surface area contributed by atoms with Crippen molar-refractivity contribution in [1.82, 2.24) is 19.8 Å². The Morgan fingerprint density at radius 2 is 1.84 bits per heavy atom. The molecule has 242 valence electrons. The van der Waals surface area contributed by atoms with Crippen LogP contribution in [0.3, 0.4) is 0 Å². The number of fused-ring (bicyclic) bond motifs is 4. The summed E-state index contributed by atoms with van der Waals surface area (Å²) in [5.74, 6) is 0.870. The van der Waals surface area contributed by atoms with Gasteiger partial charge >= 0.3 is 12.1 Å². The highest BCUT2D eigenvalue weighted by Gasteiger charge is 2.47. The zero-order valence-corrected chi connectivity index (χ0v) is 29.7. The second kappa shape index (κ2) is 12.9. The predicted molar refractivity (Wildman–Crippen MR) is 186 cm³/mol. The predicted octanol–water partition coefficient (Wildman–Crippen LogP) is 6.58. The van der Waals surface area contributed by atoms with E-state index < -0.39 is 5.60 Å². The van der Waals surface area contributed by atoms with Gasteiger partial charge in [-0.25, -0.2) is 4.79 Å². The number of amides is 1. The first-order valence-electron chi connectivity index (χ1n) is 16.2. The molecule has 1 aromatic heterocycles. The normalized spacial score (nSPS) is 26.8. The van der Waals surface area contributed by atoms with Gasteiger partial charge in [0.05, 0.1) is 34.6 Å². The highest BCUT2D eigenvalue weighted by atomic mass is 79.9. The lowest BCUT2D eigenvalue weighted by atomic mass is 9.93. The van der Waals surface area contributed by atoms with Crippen molar-refractivity contribution in [2.24, 2.45) is 4.99 Å². The van der Waals surface area contributed by atoms with Gasteiger partial charge in [0.2, 0.25) is 0 Å². The van der Waals surface area contributed by atoms with Crippen LogP contribution in [0.4, 0.5) is 10.6 Å². The summed E-state index contributed by atoms with van der Waals surface area (Å²) >= 11 is 3.82. The van der Waals surface area contributed by atoms with Crippen molar-refractivity contribution < 1.29 is 14.3 Å². The third-order valence-electron chi connectivity index (χ3n) is 9.81. The smallest absolute Gasteiger partial charge is 0.410 e. The number of carbonyl (C=O) groups excluding carboxylic acids is 1. The zero-order valence-electron chi connectivity index (χ0n) is 27.2. The number of aliphatic imine (C=N–C) groups is 1. The van der Waals surface area contributed by atoms with E-state index in [0.717, 1.165) is 65.2 Å². The molecule has 3 unspecified atom stereocenters. The Labute approximate surface area is 278 Å². The minimum Gasteiger partial charge on any atom is -0.461 e. The lowest BCUT2D eigenvalue weighted by Gasteiger charge is -2.42. The molecule has 44 heavy (non-hydrogen) atoms. The number of hydrogen-bond acceptors (Lipinski definition) is 8. The molecule has 1 amide bonds. The van der Waals surface area contributed by atoms with Gasteiger partial charge in [-0.1, -0.05) is 13.0 Å². The molecule has 1 aromatic rings. The maximum Gasteiger partial charge on any atom is 0.410 e. The third-order valence-corrected chi connectivity index (χ3v) is 10.4. The molecule has 5 aliphatic rings. The minimum atomic E-state index is -0.523. The first kappa shape index (κ1) is 33.3. The molecule has 1 aliphatic carbocycles. The number of halogens is 1. The number of carbonyl (C=O) groups is 1. The van der Waals surface area contributed by atoms with Crippen LogP contribution in [-0.4, -0.2) is 93.6 Å². The van der Waals surface area contributed by atoms with E-state index in [9.17, 15) is 4.79 Å². The van der Waals surface area contributed by atoms with Gasteiger partial charge in [0.25, 0.3) is 0 Å². The fraction of sp³-hybridized carbons (Fsp3) is 0.697. The molecule has 4 aliphatic heterocycles. The highest BCUT2D eigenvalue weighted by molar-refractivity contribution is 9.12. The van der Waals surface area contributed by atoms with Gasteiger partial charge in [0.1, 0.15) is 18.0 Å². The average molecular weight is 690 g/mol. The van der Waals surface area contributed by atoms with Gasteiger partial charge in [-0.2, -0.15) is 23.5 Å². The van der Waals surface area contributed by atoms with E-state index in [0.29, 0.717) is 25.7 Å². The van der Waals surface area contributed by atoms with E-state index in [4.69, 9.17) is 24.4 Å². The van der Waals surface area contributed by atoms with Crippen LogP contribution in [0, 0.1) is 0 Å². The molecule has 4 fully saturated rings. The fourth-order valence-corrected chi connectivity index (χ4v) is 8.14. The Morgan fingerprint density at radius 1 is 1.18 bits per heavy atom. The van der Waals surface area contributed by atoms with E-state index in [1.807, 2.05) is 25.7 Å². The fourth-order valence-electron chi connectivity index (χ4n) is 7.61. The summed E-state index contributed by atoms with van der Waals surface area (Å²) in [5.41, 5.74) is 3.39. The Morgan fingerprint density at radius 3 is 2.43 bits per heavy atom. The number of piperazine rings is 1. The summed E-state index contributed by atoms with van der Waals surface area (Å²) in [6.45, 7) is 16.5. The van der Waals surface area contributed by atoms with E-state index in [2.05, 4.69) is 58.7 Å². The Kier molecular flexibility index (Phi) is 9.79. The molecule has 0 radical (unpaired) electrons. The van der Waals surface area contributed by atoms with E-state index in [-0.39, 0.29) is 43.3 Å². The highest BCUT2D eigenvalue weighted by Crippen LogP contribution is 2.43. The van der Waals surface area contributed by atoms with Crippen molar-refractivity contribution in [2.75, 3.05) is 37.7 Å². The summed E-state index contributed by atoms with van der Waals surface area (Å²) in [5, 5.41) is 0. The molecule has 11 heteroatoms. The number of hydrogen-bond donors (Lipinski definition) is 0. The van der Waals surface area contributed by atoms with Gasteiger partial charge in [0, 0.05) is 29.2 Å². The summed E-state index contributed by atoms with van der Waals surface area (Å²) in [6.07, 6.45) is 11.6. The molecule has 9 nitrogen and oxygen atoms in total. The van der Waals surface area contributed by atoms with Crippen LogP contribution < -0.4 is 9.64 Å². The number of aromatic nitrogens is 2. The second-order valence-corrected chi connectivity index (χ2v) is 14.8. The molecular formula is C33H49BrN6O3S. The summed E-state index contributed by atoms with van der Waals surface area (Å²) in [6, 6.07) is 0.758. The van der Waals surface area contributed by atoms with Crippen LogP contribution in [0.15, 0.2) is 15.6 Å². The number of anilines is 1. The minimum absolute atomic E-state index is 0. The SMILES string of the molecule is C/C=C1\C(=NC(C)CC)C(Br)=Cc2nc(OCC34CCCN3CCC4)nc(N3CC4CCC(C3)N4C(=O)OC(C)(C)C)c21.S. The van der Waals surface area contributed by atoms with Crippen molar-refractivity contribution in [1.29, 1.82) is 0 Å². The van der Waals surface area contributed by atoms with Crippen LogP contribution in [0.5, 0.6) is 6.01 Å². The monoisotopic (exact) mass is 688 g/mol. The molecule has 2 bridgehead atoms. The molecule has 4 saturated heterocycles. The van der Waals surface area contributed by atoms with E-state index in [1.165, 1.54) is 25.7 Å². The van der Waals surface area contributed by atoms with Gasteiger partial charge in [0.15, 0.2) is 0 Å². The molecule has 0 aromatic carbocycles. The van der Waals surface area contributed by atoms with Crippen LogP contribution in [0.1, 0.15) is 97.7 Å². The molecule has 3 atom stereocenters. The standard InChI is InChI=1S/C33H47BrN6O3.H2S/c1-7-21(3)35-28-24(8-2)27-26(17-25(28)34)36-30(42-20-33-13-9-15-39(33)16-10-14-33)37-29(27)38-18-22-11-12-23(19-38)40(22)31(41)43-32(4,5)6;/h8,17,21-23H,7,9-16,18-20H2,1-6H3;1H2/b24-8-,35-28?;. The molecule has 0 N–H and O–H groups in total. The van der Waals surface area contributed by atoms with Crippen LogP contribution in [0.2, 0.25) is 0 Å². The largest absolute Gasteiger partial charge is 0.461 e. The Bertz CT molecular complexity index is 1330. The van der Waals surface area contributed by atoms with Crippen molar-refractivity contribution >= 4 is 58.7 Å². The first-order valence-corrected chi connectivity index (χ1v) is 17.0. The third kappa shape index (κ3) is 6.30. The maximum atomic E-state index is 13.2. The summed E-state index contributed by atoms with van der Waals surface area (Å²) in [4.78, 5) is 35.4. The van der Waals surface area contributed by atoms with Gasteiger partial charge in [-0.05, 0) is 115 Å². The van der Waals surface area contributed by atoms with Gasteiger partial charge in [-0.15, -0.1) is 0 Å². The van der Waals surface area contributed by atoms with Crippen molar-refractivity contribution in [2.45, 2.75) is 116 Å². The Hall–Kier alpha value is -2.11. The van der Waals surface area contributed by atoms with Crippen molar-refractivity contribution in [3.05, 3.63) is 21.8 Å². The van der Waals surface area contributed by atoms with Gasteiger partial charge in [-0.3, -0.25) is 14.8 Å². The number of rotatable bonds is 6. The number of allylic oxidation sites excluding steroid dienone is 3. The van der Waals surface area contributed by atoms with Crippen LogP contribution in [0.25, 0.3) is 11.6 Å². The van der Waals surface area contributed by atoms with E-state index in [1.54, 1.807) is 0 Å². The van der Waals surface area contributed by atoms with Crippen LogP contribution in [-0.2, 0) is 4.74 Å². The second-order valence-electron chi connectivity index (χ2n) is 13.9. The zero-order chi connectivity index (χ0) is 30.5. The number of nitrogens with zero attached hydrogens (tertiary/aromatic N) is 6. The summed E-state index contributed by atoms with van der Waals surface area (Å²) in [7, 11) is 0. The summed E-state index contributed by atoms with van der Waals surface area (Å²) < 4.78 is 13.3. The maximum absolute atomic E-state index is 13.2.